The molecule has 0 radical (unpaired) electrons. The second-order valence-electron chi connectivity index (χ2n) is 6.16. The summed E-state index contributed by atoms with van der Waals surface area (Å²) >= 11 is 4.11. The number of hydrogen-bond donors (Lipinski definition) is 5. The number of Topliss-reactive ketones (excluding diaryl/α,β-unsaturated/α-hetero) is 1. The molecule has 1 atom stereocenters. The molecule has 0 saturated carbocycles. The maximum absolute atomic E-state index is 12.1. The normalized spacial score (nSPS) is 11.5. The Kier molecular flexibility index (Phi) is 10.2. The molecule has 0 aliphatic heterocycles. The van der Waals surface area contributed by atoms with Crippen LogP contribution in [0.2, 0.25) is 0 Å². The zero-order valence-corrected chi connectivity index (χ0v) is 16.5. The Bertz CT molecular complexity index is 707. The number of anilines is 1. The summed E-state index contributed by atoms with van der Waals surface area (Å²) in [5.74, 6) is 0.391. The van der Waals surface area contributed by atoms with E-state index in [9.17, 15) is 19.2 Å². The maximum atomic E-state index is 12.1. The third kappa shape index (κ3) is 9.78. The highest BCUT2D eigenvalue weighted by atomic mass is 32.1. The fourth-order valence-electron chi connectivity index (χ4n) is 2.46. The summed E-state index contributed by atoms with van der Waals surface area (Å²) in [7, 11) is 0. The Labute approximate surface area is 163 Å². The van der Waals surface area contributed by atoms with E-state index in [1.807, 2.05) is 0 Å². The number of aryl methyl sites for hydroxylation is 1. The van der Waals surface area contributed by atoms with Crippen molar-refractivity contribution in [1.29, 1.82) is 0 Å². The molecule has 0 fully saturated rings. The molecule has 9 nitrogen and oxygen atoms in total. The van der Waals surface area contributed by atoms with Gasteiger partial charge in [-0.15, -0.1) is 0 Å². The first-order valence-electron chi connectivity index (χ1n) is 8.85. The molecule has 0 spiro atoms. The number of nitrogens with one attached hydrogen (secondary N) is 4. The molecule has 0 saturated heterocycles. The van der Waals surface area contributed by atoms with Crippen LogP contribution in [0, 0.1) is 6.92 Å². The molecule has 1 aromatic rings. The quantitative estimate of drug-likeness (QED) is 0.282. The number of H-pyrrole nitrogens is 1. The highest BCUT2D eigenvalue weighted by Crippen LogP contribution is 2.06. The first-order chi connectivity index (χ1) is 12.8. The van der Waals surface area contributed by atoms with Crippen LogP contribution in [0.5, 0.6) is 0 Å². The van der Waals surface area contributed by atoms with Gasteiger partial charge in [-0.3, -0.25) is 24.7 Å². The molecular weight excluding hydrogens is 370 g/mol. The third-order valence-electron chi connectivity index (χ3n) is 3.67. The molecule has 1 heterocycles. The van der Waals surface area contributed by atoms with Crippen molar-refractivity contribution in [2.75, 3.05) is 17.6 Å². The second kappa shape index (κ2) is 12.1. The number of ketones is 1. The van der Waals surface area contributed by atoms with Gasteiger partial charge in [0, 0.05) is 31.6 Å². The van der Waals surface area contributed by atoms with Gasteiger partial charge in [-0.2, -0.15) is 12.6 Å². The lowest BCUT2D eigenvalue weighted by molar-refractivity contribution is -0.126. The molecule has 1 unspecified atom stereocenters. The van der Waals surface area contributed by atoms with Crippen LogP contribution in [0.3, 0.4) is 0 Å². The van der Waals surface area contributed by atoms with Gasteiger partial charge in [0.15, 0.2) is 5.78 Å². The van der Waals surface area contributed by atoms with Gasteiger partial charge >= 0.3 is 6.03 Å². The van der Waals surface area contributed by atoms with Gasteiger partial charge in [-0.1, -0.05) is 6.42 Å². The van der Waals surface area contributed by atoms with Gasteiger partial charge in [-0.05, 0) is 31.9 Å². The summed E-state index contributed by atoms with van der Waals surface area (Å²) < 4.78 is 0. The van der Waals surface area contributed by atoms with E-state index in [0.29, 0.717) is 43.7 Å². The smallest absolute Gasteiger partial charge is 0.321 e. The Morgan fingerprint density at radius 3 is 2.63 bits per heavy atom. The minimum Gasteiger partial charge on any atom is -0.347 e. The molecule has 0 aliphatic carbocycles. The number of amides is 3. The van der Waals surface area contributed by atoms with Crippen molar-refractivity contribution >= 4 is 36.3 Å². The number of thiol groups is 1. The number of hydrogen-bond acceptors (Lipinski definition) is 6. The molecule has 150 valence electrons. The third-order valence-corrected chi connectivity index (χ3v) is 3.93. The van der Waals surface area contributed by atoms with Gasteiger partial charge < -0.3 is 10.6 Å². The summed E-state index contributed by atoms with van der Waals surface area (Å²) in [4.78, 5) is 52.7. The molecule has 0 bridgehead atoms. The molecule has 3 amide bonds. The van der Waals surface area contributed by atoms with E-state index < -0.39 is 12.1 Å². The average molecular weight is 398 g/mol. The Morgan fingerprint density at radius 1 is 1.26 bits per heavy atom. The van der Waals surface area contributed by atoms with Crippen molar-refractivity contribution < 1.29 is 14.4 Å². The van der Waals surface area contributed by atoms with Crippen molar-refractivity contribution in [3.05, 3.63) is 22.1 Å². The number of unbranched alkanes of at least 4 members (excludes halogenated alkanes) is 2. The van der Waals surface area contributed by atoms with Gasteiger partial charge in [0.2, 0.25) is 11.9 Å². The number of rotatable bonds is 11. The standard InChI is InChI=1S/C17H27N5O4S/c1-11-10-15(25)21-16(19-11)22-17(26)18-8-5-3-4-6-14(24)13(7-9-27)20-12(2)23/h10,13,27H,3-9H2,1-2H3,(H,20,23)(H3,18,19,21,22,25,26). The Hall–Kier alpha value is -2.36. The van der Waals surface area contributed by atoms with Gasteiger partial charge in [0.1, 0.15) is 0 Å². The minimum atomic E-state index is -0.479. The lowest BCUT2D eigenvalue weighted by Crippen LogP contribution is -2.39. The predicted octanol–water partition coefficient (Wildman–Crippen LogP) is 1.15. The zero-order chi connectivity index (χ0) is 20.2. The van der Waals surface area contributed by atoms with Crippen LogP contribution in [0.25, 0.3) is 0 Å². The van der Waals surface area contributed by atoms with Gasteiger partial charge in [-0.25, -0.2) is 9.78 Å². The SMILES string of the molecule is CC(=O)NC(CCS)C(=O)CCCCCNC(=O)Nc1nc(C)cc(=O)[nH]1. The van der Waals surface area contributed by atoms with Crippen molar-refractivity contribution in [2.45, 2.75) is 52.0 Å². The lowest BCUT2D eigenvalue weighted by atomic mass is 10.0. The molecule has 0 aromatic carbocycles. The van der Waals surface area contributed by atoms with Crippen LogP contribution in [0.15, 0.2) is 10.9 Å². The minimum absolute atomic E-state index is 0.000529. The highest BCUT2D eigenvalue weighted by Gasteiger charge is 2.17. The Morgan fingerprint density at radius 2 is 2.00 bits per heavy atom. The predicted molar refractivity (Wildman–Crippen MR) is 106 cm³/mol. The number of carbonyl (C=O) groups is 3. The van der Waals surface area contributed by atoms with E-state index in [0.717, 1.165) is 6.42 Å². The lowest BCUT2D eigenvalue weighted by Gasteiger charge is -2.15. The molecule has 10 heteroatoms. The van der Waals surface area contributed by atoms with Crippen LogP contribution in [-0.4, -0.2) is 46.0 Å². The fraction of sp³-hybridized carbons (Fsp3) is 0.588. The van der Waals surface area contributed by atoms with Crippen molar-refractivity contribution in [2.24, 2.45) is 0 Å². The van der Waals surface area contributed by atoms with Crippen LogP contribution in [0.1, 0.15) is 44.7 Å². The van der Waals surface area contributed by atoms with Crippen molar-refractivity contribution in [1.82, 2.24) is 20.6 Å². The molecular formula is C17H27N5O4S. The molecule has 1 aromatic heterocycles. The van der Waals surface area contributed by atoms with E-state index in [-0.39, 0.29) is 23.2 Å². The number of aromatic amines is 1. The number of aromatic nitrogens is 2. The largest absolute Gasteiger partial charge is 0.347 e. The van der Waals surface area contributed by atoms with Crippen molar-refractivity contribution in [3.63, 3.8) is 0 Å². The number of urea groups is 1. The second-order valence-corrected chi connectivity index (χ2v) is 6.61. The summed E-state index contributed by atoms with van der Waals surface area (Å²) in [6.07, 6.45) is 3.03. The molecule has 0 aliphatic rings. The topological polar surface area (TPSA) is 133 Å². The van der Waals surface area contributed by atoms with E-state index in [2.05, 4.69) is 38.5 Å². The monoisotopic (exact) mass is 397 g/mol. The zero-order valence-electron chi connectivity index (χ0n) is 15.6. The van der Waals surface area contributed by atoms with Crippen molar-refractivity contribution in [3.8, 4) is 0 Å². The first kappa shape index (κ1) is 22.7. The summed E-state index contributed by atoms with van der Waals surface area (Å²) in [6.45, 7) is 3.48. The van der Waals surface area contributed by atoms with Gasteiger partial charge in [0.25, 0.3) is 5.56 Å². The summed E-state index contributed by atoms with van der Waals surface area (Å²) in [6, 6.07) is 0.393. The summed E-state index contributed by atoms with van der Waals surface area (Å²) in [5, 5.41) is 7.77. The molecule has 1 rings (SSSR count). The average Bonchev–Trinajstić information content (AvgIpc) is 2.56. The van der Waals surface area contributed by atoms with Crippen LogP contribution in [0.4, 0.5) is 10.7 Å². The van der Waals surface area contributed by atoms with E-state index in [1.165, 1.54) is 13.0 Å². The van der Waals surface area contributed by atoms with Crippen LogP contribution in [-0.2, 0) is 9.59 Å². The van der Waals surface area contributed by atoms with E-state index >= 15 is 0 Å². The van der Waals surface area contributed by atoms with Gasteiger partial charge in [0.05, 0.1) is 6.04 Å². The molecule has 4 N–H and O–H groups in total. The van der Waals surface area contributed by atoms with Crippen LogP contribution < -0.4 is 21.5 Å². The highest BCUT2D eigenvalue weighted by molar-refractivity contribution is 7.80. The number of nitrogens with zero attached hydrogens (tertiary/aromatic N) is 1. The number of carbonyl (C=O) groups excluding carboxylic acids is 3. The Balaban J connectivity index is 2.22. The van der Waals surface area contributed by atoms with Crippen LogP contribution >= 0.6 is 12.6 Å². The van der Waals surface area contributed by atoms with E-state index in [1.54, 1.807) is 6.92 Å². The fourth-order valence-corrected chi connectivity index (χ4v) is 2.71. The summed E-state index contributed by atoms with van der Waals surface area (Å²) in [5.41, 5.74) is 0.173. The van der Waals surface area contributed by atoms with E-state index in [4.69, 9.17) is 0 Å². The maximum Gasteiger partial charge on any atom is 0.321 e. The first-order valence-corrected chi connectivity index (χ1v) is 9.48. The molecule has 27 heavy (non-hydrogen) atoms.